The molecule has 2 aliphatic rings. The standard InChI is InChI=1S/C21H30N2O3S/c1-14-6-7-17-20(3,4)18(26-19(27)23-11-10-22-13-23)8-9-21(17,5)16(14)12-25-15(2)24/h10-11,13,16-18H,1,6-9,12H2,2-5H3/t16-,17?,18-,21+/m0/s1. The number of aromatic nitrogens is 2. The SMILES string of the molecule is C=C1CCC2C(C)(C)[C@@H](OC(=S)n3ccnc3)CC[C@]2(C)[C@H]1COC(C)=O. The van der Waals surface area contributed by atoms with E-state index in [4.69, 9.17) is 21.7 Å². The van der Waals surface area contributed by atoms with E-state index in [1.165, 1.54) is 12.5 Å². The van der Waals surface area contributed by atoms with Gasteiger partial charge in [-0.2, -0.15) is 0 Å². The number of esters is 1. The molecule has 0 saturated heterocycles. The molecule has 0 N–H and O–H groups in total. The number of hydrogen-bond donors (Lipinski definition) is 0. The number of carbonyl (C=O) groups excluding carboxylic acids is 1. The van der Waals surface area contributed by atoms with Crippen LogP contribution in [0.4, 0.5) is 0 Å². The van der Waals surface area contributed by atoms with Crippen molar-refractivity contribution in [3.05, 3.63) is 30.9 Å². The Labute approximate surface area is 167 Å². The Morgan fingerprint density at radius 2 is 2.15 bits per heavy atom. The van der Waals surface area contributed by atoms with Gasteiger partial charge in [0.1, 0.15) is 12.4 Å². The number of thiocarbonyl (C=S) groups is 1. The molecule has 1 unspecified atom stereocenters. The van der Waals surface area contributed by atoms with E-state index in [1.807, 2.05) is 6.20 Å². The summed E-state index contributed by atoms with van der Waals surface area (Å²) in [6.07, 6.45) is 9.19. The van der Waals surface area contributed by atoms with Crippen LogP contribution in [-0.4, -0.2) is 33.4 Å². The zero-order valence-corrected chi connectivity index (χ0v) is 17.6. The van der Waals surface area contributed by atoms with Crippen LogP contribution >= 0.6 is 12.2 Å². The fraction of sp³-hybridized carbons (Fsp3) is 0.667. The Bertz CT molecular complexity index is 728. The van der Waals surface area contributed by atoms with Crippen LogP contribution in [0, 0.1) is 22.7 Å². The normalized spacial score (nSPS) is 32.4. The van der Waals surface area contributed by atoms with Crippen LogP contribution in [0.3, 0.4) is 0 Å². The van der Waals surface area contributed by atoms with E-state index in [2.05, 4.69) is 32.3 Å². The fourth-order valence-electron chi connectivity index (χ4n) is 5.42. The highest BCUT2D eigenvalue weighted by atomic mass is 32.1. The summed E-state index contributed by atoms with van der Waals surface area (Å²) in [5, 5.41) is 0.450. The third-order valence-electron chi connectivity index (χ3n) is 6.92. The molecule has 0 aliphatic heterocycles. The number of fused-ring (bicyclic) bond motifs is 1. The third kappa shape index (κ3) is 3.68. The molecule has 1 heterocycles. The molecule has 2 fully saturated rings. The highest BCUT2D eigenvalue weighted by Gasteiger charge is 2.57. The van der Waals surface area contributed by atoms with E-state index in [0.29, 0.717) is 17.7 Å². The lowest BCUT2D eigenvalue weighted by molar-refractivity contribution is -0.151. The van der Waals surface area contributed by atoms with Gasteiger partial charge in [-0.15, -0.1) is 0 Å². The minimum Gasteiger partial charge on any atom is -0.467 e. The van der Waals surface area contributed by atoms with E-state index in [1.54, 1.807) is 17.1 Å². The lowest BCUT2D eigenvalue weighted by Crippen LogP contribution is -2.56. The summed E-state index contributed by atoms with van der Waals surface area (Å²) in [5.41, 5.74) is 1.21. The molecular formula is C21H30N2O3S. The van der Waals surface area contributed by atoms with Gasteiger partial charge < -0.3 is 9.47 Å². The van der Waals surface area contributed by atoms with E-state index in [9.17, 15) is 4.79 Å². The summed E-state index contributed by atoms with van der Waals surface area (Å²) >= 11 is 5.47. The predicted molar refractivity (Wildman–Crippen MR) is 108 cm³/mol. The van der Waals surface area contributed by atoms with Gasteiger partial charge in [0.15, 0.2) is 0 Å². The van der Waals surface area contributed by atoms with Crippen LogP contribution < -0.4 is 0 Å². The summed E-state index contributed by atoms with van der Waals surface area (Å²) in [7, 11) is 0. The second-order valence-electron chi connectivity index (χ2n) is 8.81. The van der Waals surface area contributed by atoms with Gasteiger partial charge >= 0.3 is 5.97 Å². The maximum atomic E-state index is 11.4. The monoisotopic (exact) mass is 390 g/mol. The first-order chi connectivity index (χ1) is 12.7. The molecule has 0 amide bonds. The van der Waals surface area contributed by atoms with Crippen molar-refractivity contribution in [1.29, 1.82) is 0 Å². The average Bonchev–Trinajstić information content (AvgIpc) is 3.11. The number of carbonyl (C=O) groups is 1. The van der Waals surface area contributed by atoms with Crippen LogP contribution in [0.25, 0.3) is 0 Å². The smallest absolute Gasteiger partial charge is 0.302 e. The maximum absolute atomic E-state index is 11.4. The van der Waals surface area contributed by atoms with Crippen LogP contribution in [-0.2, 0) is 14.3 Å². The largest absolute Gasteiger partial charge is 0.467 e. The lowest BCUT2D eigenvalue weighted by Gasteiger charge is -2.59. The van der Waals surface area contributed by atoms with Crippen LogP contribution in [0.2, 0.25) is 0 Å². The molecule has 27 heavy (non-hydrogen) atoms. The van der Waals surface area contributed by atoms with Gasteiger partial charge in [-0.05, 0) is 49.2 Å². The molecule has 148 valence electrons. The van der Waals surface area contributed by atoms with E-state index >= 15 is 0 Å². The molecule has 1 aromatic rings. The average molecular weight is 391 g/mol. The molecule has 0 bridgehead atoms. The Hall–Kier alpha value is -1.69. The van der Waals surface area contributed by atoms with Crippen LogP contribution in [0.5, 0.6) is 0 Å². The van der Waals surface area contributed by atoms with Crippen molar-refractivity contribution < 1.29 is 14.3 Å². The summed E-state index contributed by atoms with van der Waals surface area (Å²) in [6.45, 7) is 13.1. The van der Waals surface area contributed by atoms with Gasteiger partial charge in [-0.25, -0.2) is 4.98 Å². The third-order valence-corrected chi connectivity index (χ3v) is 7.23. The van der Waals surface area contributed by atoms with Gasteiger partial charge in [-0.3, -0.25) is 9.36 Å². The molecule has 6 heteroatoms. The number of rotatable bonds is 3. The van der Waals surface area contributed by atoms with Gasteiger partial charge in [0.05, 0.1) is 6.61 Å². The zero-order chi connectivity index (χ0) is 19.8. The molecular weight excluding hydrogens is 360 g/mol. The minimum atomic E-state index is -0.226. The van der Waals surface area contributed by atoms with Gasteiger partial charge in [0, 0.05) is 30.7 Å². The number of ether oxygens (including phenoxy) is 2. The Kier molecular flexibility index (Phi) is 5.48. The van der Waals surface area contributed by atoms with E-state index in [-0.39, 0.29) is 28.8 Å². The van der Waals surface area contributed by atoms with Gasteiger partial charge in [-0.1, -0.05) is 32.9 Å². The molecule has 2 aliphatic carbocycles. The van der Waals surface area contributed by atoms with Crippen LogP contribution in [0.15, 0.2) is 30.9 Å². The first-order valence-electron chi connectivity index (χ1n) is 9.66. The quantitative estimate of drug-likeness (QED) is 0.436. The Morgan fingerprint density at radius 1 is 1.41 bits per heavy atom. The van der Waals surface area contributed by atoms with Crippen molar-refractivity contribution in [3.8, 4) is 0 Å². The second kappa shape index (κ2) is 7.38. The first kappa shape index (κ1) is 20.1. The molecule has 3 rings (SSSR count). The summed E-state index contributed by atoms with van der Waals surface area (Å²) < 4.78 is 13.4. The number of nitrogens with zero attached hydrogens (tertiary/aromatic N) is 2. The predicted octanol–water partition coefficient (Wildman–Crippen LogP) is 4.37. The minimum absolute atomic E-state index is 0.0464. The molecule has 2 saturated carbocycles. The Morgan fingerprint density at radius 3 is 2.78 bits per heavy atom. The molecule has 4 atom stereocenters. The van der Waals surface area contributed by atoms with Crippen molar-refractivity contribution in [3.63, 3.8) is 0 Å². The fourth-order valence-corrected chi connectivity index (χ4v) is 5.65. The lowest BCUT2D eigenvalue weighted by atomic mass is 9.47. The van der Waals surface area contributed by atoms with Gasteiger partial charge in [0.25, 0.3) is 5.17 Å². The van der Waals surface area contributed by atoms with Crippen molar-refractivity contribution in [2.24, 2.45) is 22.7 Å². The highest BCUT2D eigenvalue weighted by molar-refractivity contribution is 7.80. The zero-order valence-electron chi connectivity index (χ0n) is 16.7. The second-order valence-corrected chi connectivity index (χ2v) is 9.16. The molecule has 0 spiro atoms. The topological polar surface area (TPSA) is 53.4 Å². The molecule has 5 nitrogen and oxygen atoms in total. The van der Waals surface area contributed by atoms with E-state index < -0.39 is 0 Å². The summed E-state index contributed by atoms with van der Waals surface area (Å²) in [6, 6.07) is 0. The Balaban J connectivity index is 1.80. The highest BCUT2D eigenvalue weighted by Crippen LogP contribution is 2.61. The van der Waals surface area contributed by atoms with Crippen molar-refractivity contribution in [2.75, 3.05) is 6.61 Å². The molecule has 0 radical (unpaired) electrons. The van der Waals surface area contributed by atoms with Crippen molar-refractivity contribution in [2.45, 2.75) is 59.5 Å². The molecule has 1 aromatic heterocycles. The maximum Gasteiger partial charge on any atom is 0.302 e. The van der Waals surface area contributed by atoms with Crippen LogP contribution in [0.1, 0.15) is 53.4 Å². The molecule has 0 aromatic carbocycles. The first-order valence-corrected chi connectivity index (χ1v) is 10.1. The van der Waals surface area contributed by atoms with E-state index in [0.717, 1.165) is 25.7 Å². The number of hydrogen-bond acceptors (Lipinski definition) is 5. The van der Waals surface area contributed by atoms with Gasteiger partial charge in [0.2, 0.25) is 0 Å². The number of imidazole rings is 1. The summed E-state index contributed by atoms with van der Waals surface area (Å²) in [5.74, 6) is 0.414. The van der Waals surface area contributed by atoms with Crippen molar-refractivity contribution >= 4 is 23.4 Å². The summed E-state index contributed by atoms with van der Waals surface area (Å²) in [4.78, 5) is 15.4. The van der Waals surface area contributed by atoms with Crippen molar-refractivity contribution in [1.82, 2.24) is 9.55 Å².